The Balaban J connectivity index is 1.82. The van der Waals surface area contributed by atoms with Crippen LogP contribution in [0.2, 0.25) is 0 Å². The first-order valence-corrected chi connectivity index (χ1v) is 7.27. The van der Waals surface area contributed by atoms with E-state index < -0.39 is 0 Å². The van der Waals surface area contributed by atoms with Crippen LogP contribution in [-0.2, 0) is 11.3 Å². The predicted molar refractivity (Wildman–Crippen MR) is 79.7 cm³/mol. The van der Waals surface area contributed by atoms with Crippen molar-refractivity contribution in [3.8, 4) is 5.75 Å². The molecule has 0 heterocycles. The van der Waals surface area contributed by atoms with Gasteiger partial charge in [-0.2, -0.15) is 0 Å². The molecule has 0 bridgehead atoms. The number of ether oxygens (including phenoxy) is 1. The SMILES string of the molecule is CC(C)NCc1cccc(OCC(=O)N(C)C2CC2)c1. The van der Waals surface area contributed by atoms with E-state index in [1.165, 1.54) is 5.56 Å². The van der Waals surface area contributed by atoms with Gasteiger partial charge in [0.15, 0.2) is 6.61 Å². The number of benzene rings is 1. The van der Waals surface area contributed by atoms with Crippen molar-refractivity contribution in [2.75, 3.05) is 13.7 Å². The maximum Gasteiger partial charge on any atom is 0.260 e. The number of rotatable bonds is 7. The van der Waals surface area contributed by atoms with Crippen molar-refractivity contribution in [3.05, 3.63) is 29.8 Å². The molecule has 0 saturated heterocycles. The molecule has 1 aromatic carbocycles. The molecular formula is C16H24N2O2. The highest BCUT2D eigenvalue weighted by Crippen LogP contribution is 2.25. The summed E-state index contributed by atoms with van der Waals surface area (Å²) in [5.74, 6) is 0.809. The molecule has 1 saturated carbocycles. The molecule has 4 heteroatoms. The van der Waals surface area contributed by atoms with Crippen LogP contribution in [0, 0.1) is 0 Å². The summed E-state index contributed by atoms with van der Waals surface area (Å²) in [4.78, 5) is 13.7. The number of likely N-dealkylation sites (N-methyl/N-ethyl adjacent to an activating group) is 1. The van der Waals surface area contributed by atoms with Crippen LogP contribution in [0.5, 0.6) is 5.75 Å². The minimum atomic E-state index is 0.0539. The minimum absolute atomic E-state index is 0.0539. The van der Waals surface area contributed by atoms with E-state index in [-0.39, 0.29) is 12.5 Å². The molecule has 0 atom stereocenters. The van der Waals surface area contributed by atoms with Gasteiger partial charge in [0.2, 0.25) is 0 Å². The fraction of sp³-hybridized carbons (Fsp3) is 0.562. The molecule has 1 aliphatic rings. The molecule has 0 aromatic heterocycles. The number of nitrogens with zero attached hydrogens (tertiary/aromatic N) is 1. The monoisotopic (exact) mass is 276 g/mol. The molecule has 1 aromatic rings. The topological polar surface area (TPSA) is 41.6 Å². The lowest BCUT2D eigenvalue weighted by Crippen LogP contribution is -2.33. The molecule has 20 heavy (non-hydrogen) atoms. The number of hydrogen-bond donors (Lipinski definition) is 1. The fourth-order valence-electron chi connectivity index (χ4n) is 1.98. The number of hydrogen-bond acceptors (Lipinski definition) is 3. The molecule has 0 aliphatic heterocycles. The minimum Gasteiger partial charge on any atom is -0.484 e. The molecule has 1 amide bonds. The lowest BCUT2D eigenvalue weighted by atomic mass is 10.2. The van der Waals surface area contributed by atoms with Crippen LogP contribution in [-0.4, -0.2) is 36.5 Å². The summed E-state index contributed by atoms with van der Waals surface area (Å²) in [6, 6.07) is 8.78. The largest absolute Gasteiger partial charge is 0.484 e. The van der Waals surface area contributed by atoms with Crippen LogP contribution >= 0.6 is 0 Å². The summed E-state index contributed by atoms with van der Waals surface area (Å²) in [5.41, 5.74) is 1.17. The van der Waals surface area contributed by atoms with Gasteiger partial charge in [-0.3, -0.25) is 4.79 Å². The third-order valence-electron chi connectivity index (χ3n) is 3.46. The van der Waals surface area contributed by atoms with E-state index in [9.17, 15) is 4.79 Å². The van der Waals surface area contributed by atoms with Crippen LogP contribution in [0.3, 0.4) is 0 Å². The van der Waals surface area contributed by atoms with E-state index in [4.69, 9.17) is 4.74 Å². The molecule has 0 unspecified atom stereocenters. The highest BCUT2D eigenvalue weighted by Gasteiger charge is 2.29. The van der Waals surface area contributed by atoms with Gasteiger partial charge in [-0.15, -0.1) is 0 Å². The van der Waals surface area contributed by atoms with Crippen LogP contribution in [0.1, 0.15) is 32.3 Å². The summed E-state index contributed by atoms with van der Waals surface area (Å²) < 4.78 is 5.60. The van der Waals surface area contributed by atoms with E-state index in [0.717, 1.165) is 25.1 Å². The molecule has 4 nitrogen and oxygen atoms in total. The zero-order chi connectivity index (χ0) is 14.5. The van der Waals surface area contributed by atoms with E-state index in [0.29, 0.717) is 12.1 Å². The summed E-state index contributed by atoms with van der Waals surface area (Å²) in [5, 5.41) is 3.36. The van der Waals surface area contributed by atoms with Crippen molar-refractivity contribution in [2.45, 2.75) is 45.3 Å². The second-order valence-electron chi connectivity index (χ2n) is 5.71. The normalized spacial score (nSPS) is 14.4. The second-order valence-corrected chi connectivity index (χ2v) is 5.71. The quantitative estimate of drug-likeness (QED) is 0.830. The molecule has 0 radical (unpaired) electrons. The Morgan fingerprint density at radius 1 is 1.45 bits per heavy atom. The molecule has 1 aliphatic carbocycles. The molecule has 1 N–H and O–H groups in total. The van der Waals surface area contributed by atoms with Crippen molar-refractivity contribution < 1.29 is 9.53 Å². The second kappa shape index (κ2) is 6.75. The van der Waals surface area contributed by atoms with Crippen LogP contribution in [0.25, 0.3) is 0 Å². The molecule has 0 spiro atoms. The standard InChI is InChI=1S/C16H24N2O2/c1-12(2)17-10-13-5-4-6-15(9-13)20-11-16(19)18(3)14-7-8-14/h4-6,9,12,14,17H,7-8,10-11H2,1-3H3. The highest BCUT2D eigenvalue weighted by atomic mass is 16.5. The maximum atomic E-state index is 11.9. The van der Waals surface area contributed by atoms with Gasteiger partial charge in [0.05, 0.1) is 0 Å². The summed E-state index contributed by atoms with van der Waals surface area (Å²) in [7, 11) is 1.85. The first-order valence-electron chi connectivity index (χ1n) is 7.27. The molecular weight excluding hydrogens is 252 g/mol. The van der Waals surface area contributed by atoms with Crippen LogP contribution < -0.4 is 10.1 Å². The van der Waals surface area contributed by atoms with Gasteiger partial charge in [-0.05, 0) is 30.5 Å². The Hall–Kier alpha value is -1.55. The number of carbonyl (C=O) groups is 1. The third kappa shape index (κ3) is 4.53. The van der Waals surface area contributed by atoms with Gasteiger partial charge in [0.25, 0.3) is 5.91 Å². The Kier molecular flexibility index (Phi) is 5.01. The van der Waals surface area contributed by atoms with E-state index >= 15 is 0 Å². The lowest BCUT2D eigenvalue weighted by Gasteiger charge is -2.16. The Labute approximate surface area is 121 Å². The van der Waals surface area contributed by atoms with Gasteiger partial charge >= 0.3 is 0 Å². The zero-order valence-corrected chi connectivity index (χ0v) is 12.6. The number of nitrogens with one attached hydrogen (secondary N) is 1. The number of carbonyl (C=O) groups excluding carboxylic acids is 1. The van der Waals surface area contributed by atoms with Gasteiger partial charge in [0, 0.05) is 25.7 Å². The molecule has 2 rings (SSSR count). The third-order valence-corrected chi connectivity index (χ3v) is 3.46. The Bertz CT molecular complexity index is 456. The summed E-state index contributed by atoms with van der Waals surface area (Å²) in [6.45, 7) is 5.16. The highest BCUT2D eigenvalue weighted by molar-refractivity contribution is 5.78. The maximum absolute atomic E-state index is 11.9. The van der Waals surface area contributed by atoms with Crippen molar-refractivity contribution in [2.24, 2.45) is 0 Å². The average molecular weight is 276 g/mol. The first kappa shape index (κ1) is 14.9. The summed E-state index contributed by atoms with van der Waals surface area (Å²) >= 11 is 0. The Morgan fingerprint density at radius 3 is 2.85 bits per heavy atom. The van der Waals surface area contributed by atoms with Gasteiger partial charge in [-0.1, -0.05) is 26.0 Å². The zero-order valence-electron chi connectivity index (χ0n) is 12.6. The summed E-state index contributed by atoms with van der Waals surface area (Å²) in [6.07, 6.45) is 2.25. The fourth-order valence-corrected chi connectivity index (χ4v) is 1.98. The Morgan fingerprint density at radius 2 is 2.20 bits per heavy atom. The smallest absolute Gasteiger partial charge is 0.260 e. The lowest BCUT2D eigenvalue weighted by molar-refractivity contribution is -0.132. The number of amides is 1. The van der Waals surface area contributed by atoms with Gasteiger partial charge in [-0.25, -0.2) is 0 Å². The molecule has 1 fully saturated rings. The van der Waals surface area contributed by atoms with E-state index in [1.54, 1.807) is 4.90 Å². The first-order chi connectivity index (χ1) is 9.56. The van der Waals surface area contributed by atoms with Crippen LogP contribution in [0.4, 0.5) is 0 Å². The molecule has 110 valence electrons. The van der Waals surface area contributed by atoms with E-state index in [1.807, 2.05) is 25.2 Å². The van der Waals surface area contributed by atoms with Gasteiger partial charge < -0.3 is 15.0 Å². The predicted octanol–water partition coefficient (Wildman–Crippen LogP) is 2.18. The van der Waals surface area contributed by atoms with Crippen LogP contribution in [0.15, 0.2) is 24.3 Å². The van der Waals surface area contributed by atoms with Crippen molar-refractivity contribution in [1.82, 2.24) is 10.2 Å². The van der Waals surface area contributed by atoms with Crippen molar-refractivity contribution in [3.63, 3.8) is 0 Å². The van der Waals surface area contributed by atoms with Crippen molar-refractivity contribution >= 4 is 5.91 Å². The average Bonchev–Trinajstić information content (AvgIpc) is 3.26. The van der Waals surface area contributed by atoms with Crippen molar-refractivity contribution in [1.29, 1.82) is 0 Å². The van der Waals surface area contributed by atoms with E-state index in [2.05, 4.69) is 25.2 Å². The van der Waals surface area contributed by atoms with Gasteiger partial charge in [0.1, 0.15) is 5.75 Å².